The van der Waals surface area contributed by atoms with Gasteiger partial charge in [-0.05, 0) is 6.42 Å². The molecule has 0 atom stereocenters. The van der Waals surface area contributed by atoms with Crippen LogP contribution in [-0.4, -0.2) is 35.4 Å². The Bertz CT molecular complexity index is 452. The Morgan fingerprint density at radius 1 is 1.35 bits per heavy atom. The number of alkyl halides is 3. The van der Waals surface area contributed by atoms with Crippen LogP contribution in [0.1, 0.15) is 33.0 Å². The minimum absolute atomic E-state index is 0.0444. The molecule has 0 aliphatic rings. The summed E-state index contributed by atoms with van der Waals surface area (Å²) in [5.74, 6) is -1.50. The van der Waals surface area contributed by atoms with Crippen LogP contribution in [0.5, 0.6) is 6.08 Å². The highest BCUT2D eigenvalue weighted by atomic mass is 19.4. The molecule has 0 aliphatic heterocycles. The molecule has 0 unspecified atom stereocenters. The molecule has 1 amide bonds. The molecule has 0 bridgehead atoms. The molecule has 0 radical (unpaired) electrons. The first-order valence-corrected chi connectivity index (χ1v) is 5.92. The zero-order chi connectivity index (χ0) is 15.4. The Balaban J connectivity index is 2.25. The summed E-state index contributed by atoms with van der Waals surface area (Å²) in [7, 11) is 0. The third kappa shape index (κ3) is 5.06. The van der Waals surface area contributed by atoms with Gasteiger partial charge in [0.15, 0.2) is 5.82 Å². The Morgan fingerprint density at radius 3 is 2.50 bits per heavy atom. The molecule has 1 aromatic heterocycles. The minimum atomic E-state index is -4.87. The summed E-state index contributed by atoms with van der Waals surface area (Å²) in [6, 6.07) is 0. The smallest absolute Gasteiger partial charge is 0.449 e. The number of nitrogens with zero attached hydrogens (tertiary/aromatic N) is 2. The van der Waals surface area contributed by atoms with E-state index in [2.05, 4.69) is 10.1 Å². The maximum absolute atomic E-state index is 11.9. The summed E-state index contributed by atoms with van der Waals surface area (Å²) in [4.78, 5) is 14.5. The normalized spacial score (nSPS) is 12.3. The third-order valence-corrected chi connectivity index (χ3v) is 2.17. The van der Waals surface area contributed by atoms with Gasteiger partial charge in [-0.3, -0.25) is 9.32 Å². The van der Waals surface area contributed by atoms with Crippen molar-refractivity contribution in [3.8, 4) is 6.08 Å². The second-order valence-corrected chi connectivity index (χ2v) is 5.09. The average Bonchev–Trinajstić information content (AvgIpc) is 2.75. The summed E-state index contributed by atoms with van der Waals surface area (Å²) in [6.45, 7) is 5.60. The lowest BCUT2D eigenvalue weighted by Gasteiger charge is -2.10. The number of carbonyl (C=O) groups excluding carboxylic acids is 1. The first-order chi connectivity index (χ1) is 9.10. The summed E-state index contributed by atoms with van der Waals surface area (Å²) in [5, 5.41) is 5.45. The maximum Gasteiger partial charge on any atom is 0.471 e. The SMILES string of the molecule is CC(C)(C)c1noc(OCCCNC(=O)C(F)(F)F)n1. The van der Waals surface area contributed by atoms with Gasteiger partial charge in [-0.1, -0.05) is 25.9 Å². The molecular weight excluding hydrogens is 279 g/mol. The van der Waals surface area contributed by atoms with Crippen molar-refractivity contribution in [2.75, 3.05) is 13.2 Å². The minimum Gasteiger partial charge on any atom is -0.449 e. The van der Waals surface area contributed by atoms with Crippen LogP contribution >= 0.6 is 0 Å². The predicted octanol–water partition coefficient (Wildman–Crippen LogP) is 1.81. The van der Waals surface area contributed by atoms with Crippen LogP contribution in [0.3, 0.4) is 0 Å². The zero-order valence-corrected chi connectivity index (χ0v) is 11.4. The summed E-state index contributed by atoms with van der Waals surface area (Å²) >= 11 is 0. The second kappa shape index (κ2) is 6.10. The van der Waals surface area contributed by atoms with Gasteiger partial charge in [0.2, 0.25) is 0 Å². The van der Waals surface area contributed by atoms with Crippen molar-refractivity contribution in [3.05, 3.63) is 5.82 Å². The lowest BCUT2D eigenvalue weighted by molar-refractivity contribution is -0.173. The van der Waals surface area contributed by atoms with E-state index in [-0.39, 0.29) is 31.1 Å². The fourth-order valence-corrected chi connectivity index (χ4v) is 1.11. The number of amides is 1. The van der Waals surface area contributed by atoms with Crippen molar-refractivity contribution in [3.63, 3.8) is 0 Å². The highest BCUT2D eigenvalue weighted by Gasteiger charge is 2.38. The Kier molecular flexibility index (Phi) is 4.96. The van der Waals surface area contributed by atoms with Crippen LogP contribution in [0, 0.1) is 0 Å². The summed E-state index contributed by atoms with van der Waals surface area (Å²) in [6.07, 6.45) is -4.72. The van der Waals surface area contributed by atoms with Crippen molar-refractivity contribution < 1.29 is 27.2 Å². The predicted molar refractivity (Wildman–Crippen MR) is 62.2 cm³/mol. The number of ether oxygens (including phenoxy) is 1. The molecule has 0 fully saturated rings. The molecule has 1 aromatic rings. The van der Waals surface area contributed by atoms with Crippen LogP contribution < -0.4 is 10.1 Å². The van der Waals surface area contributed by atoms with Gasteiger partial charge in [-0.25, -0.2) is 0 Å². The van der Waals surface area contributed by atoms with Gasteiger partial charge in [0.1, 0.15) is 0 Å². The first-order valence-electron chi connectivity index (χ1n) is 5.92. The average molecular weight is 295 g/mol. The molecule has 0 saturated carbocycles. The van der Waals surface area contributed by atoms with Gasteiger partial charge < -0.3 is 10.1 Å². The molecule has 20 heavy (non-hydrogen) atoms. The van der Waals surface area contributed by atoms with Crippen molar-refractivity contribution in [2.24, 2.45) is 0 Å². The van der Waals surface area contributed by atoms with Crippen molar-refractivity contribution in [1.29, 1.82) is 0 Å². The summed E-state index contributed by atoms with van der Waals surface area (Å²) < 4.78 is 45.5. The number of nitrogens with one attached hydrogen (secondary N) is 1. The molecule has 0 saturated heterocycles. The van der Waals surface area contributed by atoms with E-state index >= 15 is 0 Å². The number of halogens is 3. The highest BCUT2D eigenvalue weighted by molar-refractivity contribution is 5.81. The first kappa shape index (κ1) is 16.3. The largest absolute Gasteiger partial charge is 0.471 e. The molecule has 1 rings (SSSR count). The van der Waals surface area contributed by atoms with E-state index in [0.29, 0.717) is 5.82 Å². The van der Waals surface area contributed by atoms with Crippen LogP contribution in [0.4, 0.5) is 13.2 Å². The van der Waals surface area contributed by atoms with Crippen molar-refractivity contribution >= 4 is 5.91 Å². The Labute approximate surface area is 113 Å². The third-order valence-electron chi connectivity index (χ3n) is 2.17. The van der Waals surface area contributed by atoms with Gasteiger partial charge in [0.05, 0.1) is 6.61 Å². The monoisotopic (exact) mass is 295 g/mol. The fourth-order valence-electron chi connectivity index (χ4n) is 1.11. The molecule has 0 spiro atoms. The Morgan fingerprint density at radius 2 is 2.00 bits per heavy atom. The number of carbonyl (C=O) groups is 1. The highest BCUT2D eigenvalue weighted by Crippen LogP contribution is 2.20. The molecule has 6 nitrogen and oxygen atoms in total. The van der Waals surface area contributed by atoms with Gasteiger partial charge in [0.25, 0.3) is 0 Å². The van der Waals surface area contributed by atoms with Crippen LogP contribution in [0.25, 0.3) is 0 Å². The molecule has 0 aliphatic carbocycles. The van der Waals surface area contributed by atoms with Crippen molar-refractivity contribution in [2.45, 2.75) is 38.8 Å². The van der Waals surface area contributed by atoms with E-state index in [4.69, 9.17) is 9.26 Å². The number of rotatable bonds is 5. The zero-order valence-electron chi connectivity index (χ0n) is 11.4. The fraction of sp³-hybridized carbons (Fsp3) is 0.727. The molecular formula is C11H16F3N3O3. The maximum atomic E-state index is 11.9. The van der Waals surface area contributed by atoms with E-state index < -0.39 is 12.1 Å². The van der Waals surface area contributed by atoms with Gasteiger partial charge in [-0.15, -0.1) is 0 Å². The number of hydrogen-bond donors (Lipinski definition) is 1. The van der Waals surface area contributed by atoms with Gasteiger partial charge >= 0.3 is 18.2 Å². The van der Waals surface area contributed by atoms with Gasteiger partial charge in [0, 0.05) is 12.0 Å². The van der Waals surface area contributed by atoms with E-state index in [1.165, 1.54) is 0 Å². The number of aromatic nitrogens is 2. The Hall–Kier alpha value is -1.80. The standard InChI is InChI=1S/C11H16F3N3O3/c1-10(2,3)7-16-9(20-17-7)19-6-4-5-15-8(18)11(12,13)14/h4-6H2,1-3H3,(H,15,18). The van der Waals surface area contributed by atoms with E-state index in [1.807, 2.05) is 20.8 Å². The second-order valence-electron chi connectivity index (χ2n) is 5.09. The molecule has 114 valence electrons. The lowest BCUT2D eigenvalue weighted by atomic mass is 9.96. The van der Waals surface area contributed by atoms with Gasteiger partial charge in [-0.2, -0.15) is 18.2 Å². The van der Waals surface area contributed by atoms with Crippen LogP contribution in [0.15, 0.2) is 4.52 Å². The topological polar surface area (TPSA) is 77.3 Å². The summed E-state index contributed by atoms with van der Waals surface area (Å²) in [5.41, 5.74) is -0.286. The van der Waals surface area contributed by atoms with Crippen LogP contribution in [0.2, 0.25) is 0 Å². The quantitative estimate of drug-likeness (QED) is 0.838. The molecule has 9 heteroatoms. The molecule has 1 heterocycles. The molecule has 0 aromatic carbocycles. The van der Waals surface area contributed by atoms with Crippen LogP contribution in [-0.2, 0) is 10.2 Å². The van der Waals surface area contributed by atoms with E-state index in [9.17, 15) is 18.0 Å². The molecule has 1 N–H and O–H groups in total. The van der Waals surface area contributed by atoms with E-state index in [1.54, 1.807) is 5.32 Å². The van der Waals surface area contributed by atoms with E-state index in [0.717, 1.165) is 0 Å². The number of hydrogen-bond acceptors (Lipinski definition) is 5. The lowest BCUT2D eigenvalue weighted by Crippen LogP contribution is -2.37. The van der Waals surface area contributed by atoms with Crippen molar-refractivity contribution in [1.82, 2.24) is 15.5 Å².